The largest absolute Gasteiger partial charge is 0.297 e. The topological polar surface area (TPSA) is 74.7 Å². The van der Waals surface area contributed by atoms with Gasteiger partial charge in [-0.3, -0.25) is 15.0 Å². The number of para-hydroxylation sites is 1. The fourth-order valence-electron chi connectivity index (χ4n) is 3.59. The molecule has 0 fully saturated rings. The molecule has 0 bridgehead atoms. The van der Waals surface area contributed by atoms with Crippen molar-refractivity contribution in [2.75, 3.05) is 0 Å². The van der Waals surface area contributed by atoms with Gasteiger partial charge in [0.05, 0.1) is 16.1 Å². The van der Waals surface area contributed by atoms with E-state index < -0.39 is 11.8 Å². The molecule has 1 N–H and O–H groups in total. The van der Waals surface area contributed by atoms with Gasteiger partial charge in [-0.25, -0.2) is 9.98 Å². The number of nitrogens with zero attached hydrogens (tertiary/aromatic N) is 3. The second-order valence-electron chi connectivity index (χ2n) is 7.60. The molecule has 1 aliphatic heterocycles. The van der Waals surface area contributed by atoms with Crippen molar-refractivity contribution in [1.82, 2.24) is 15.4 Å². The average molecular weight is 522 g/mol. The Balaban J connectivity index is 1.55. The van der Waals surface area contributed by atoms with E-state index in [1.807, 2.05) is 48.5 Å². The van der Waals surface area contributed by atoms with Crippen molar-refractivity contribution in [2.45, 2.75) is 0 Å². The third-order valence-electron chi connectivity index (χ3n) is 5.28. The molecular formula is C26H15Cl3N4O2. The van der Waals surface area contributed by atoms with E-state index in [2.05, 4.69) is 15.4 Å². The van der Waals surface area contributed by atoms with Gasteiger partial charge in [-0.05, 0) is 36.4 Å². The van der Waals surface area contributed by atoms with Crippen LogP contribution in [0.2, 0.25) is 15.2 Å². The fourth-order valence-corrected chi connectivity index (χ4v) is 4.17. The van der Waals surface area contributed by atoms with Crippen molar-refractivity contribution in [3.63, 3.8) is 0 Å². The van der Waals surface area contributed by atoms with Crippen LogP contribution in [0.4, 0.5) is 0 Å². The van der Waals surface area contributed by atoms with Gasteiger partial charge in [-0.1, -0.05) is 83.3 Å². The summed E-state index contributed by atoms with van der Waals surface area (Å²) in [5.74, 6) is -0.904. The molecule has 4 aromatic rings. The molecule has 0 saturated carbocycles. The van der Waals surface area contributed by atoms with Crippen LogP contribution in [0.5, 0.6) is 0 Å². The van der Waals surface area contributed by atoms with Crippen LogP contribution in [0, 0.1) is 0 Å². The van der Waals surface area contributed by atoms with Gasteiger partial charge < -0.3 is 0 Å². The van der Waals surface area contributed by atoms with Gasteiger partial charge in [0.1, 0.15) is 10.9 Å². The van der Waals surface area contributed by atoms with E-state index in [-0.39, 0.29) is 27.3 Å². The molecule has 35 heavy (non-hydrogen) atoms. The van der Waals surface area contributed by atoms with Gasteiger partial charge in [-0.15, -0.1) is 0 Å². The fraction of sp³-hybridized carbons (Fsp3) is 0. The zero-order valence-electron chi connectivity index (χ0n) is 17.9. The summed E-state index contributed by atoms with van der Waals surface area (Å²) < 4.78 is 0. The van der Waals surface area contributed by atoms with E-state index in [9.17, 15) is 9.59 Å². The molecule has 0 spiro atoms. The lowest BCUT2D eigenvalue weighted by Gasteiger charge is -2.19. The summed E-state index contributed by atoms with van der Waals surface area (Å²) in [4.78, 5) is 35.3. The molecule has 0 unspecified atom stereocenters. The Bertz CT molecular complexity index is 1550. The number of aromatic nitrogens is 1. The summed E-state index contributed by atoms with van der Waals surface area (Å²) in [5, 5.41) is 2.71. The molecule has 9 heteroatoms. The number of amidine groups is 1. The van der Waals surface area contributed by atoms with Gasteiger partial charge >= 0.3 is 0 Å². The summed E-state index contributed by atoms with van der Waals surface area (Å²) in [6.45, 7) is 0. The number of hydrazine groups is 1. The first kappa shape index (κ1) is 23.1. The average Bonchev–Trinajstić information content (AvgIpc) is 3.16. The van der Waals surface area contributed by atoms with Crippen molar-refractivity contribution < 1.29 is 9.59 Å². The van der Waals surface area contributed by atoms with Crippen molar-refractivity contribution in [3.05, 3.63) is 116 Å². The molecule has 0 atom stereocenters. The first-order valence-corrected chi connectivity index (χ1v) is 11.6. The lowest BCUT2D eigenvalue weighted by Crippen LogP contribution is -2.47. The number of pyridine rings is 1. The van der Waals surface area contributed by atoms with E-state index >= 15 is 0 Å². The monoisotopic (exact) mass is 520 g/mol. The third-order valence-corrected chi connectivity index (χ3v) is 6.14. The molecule has 1 aromatic heterocycles. The van der Waals surface area contributed by atoms with E-state index in [1.165, 1.54) is 12.1 Å². The van der Waals surface area contributed by atoms with Crippen molar-refractivity contribution in [1.29, 1.82) is 0 Å². The SMILES string of the molecule is O=C(NN1C(=O)/C(=C/c2cc3ccccc3nc2Cl)N=C1c1ccccc1)c1cc(Cl)ccc1Cl. The number of benzene rings is 3. The molecule has 5 rings (SSSR count). The molecule has 3 aromatic carbocycles. The molecule has 2 heterocycles. The molecule has 1 aliphatic rings. The number of carbonyl (C=O) groups excluding carboxylic acids is 2. The maximum Gasteiger partial charge on any atom is 0.297 e. The van der Waals surface area contributed by atoms with Crippen LogP contribution in [-0.4, -0.2) is 27.6 Å². The Morgan fingerprint density at radius 1 is 0.914 bits per heavy atom. The Labute approximate surface area is 215 Å². The second kappa shape index (κ2) is 9.50. The summed E-state index contributed by atoms with van der Waals surface area (Å²) in [6.07, 6.45) is 1.55. The van der Waals surface area contributed by atoms with E-state index in [0.29, 0.717) is 16.1 Å². The smallest absolute Gasteiger partial charge is 0.267 e. The lowest BCUT2D eigenvalue weighted by atomic mass is 10.1. The molecule has 172 valence electrons. The molecule has 6 nitrogen and oxygen atoms in total. The van der Waals surface area contributed by atoms with Crippen molar-refractivity contribution in [3.8, 4) is 0 Å². The van der Waals surface area contributed by atoms with Crippen molar-refractivity contribution >= 4 is 69.4 Å². The zero-order valence-corrected chi connectivity index (χ0v) is 20.1. The first-order valence-electron chi connectivity index (χ1n) is 10.4. The molecule has 0 radical (unpaired) electrons. The van der Waals surface area contributed by atoms with Crippen LogP contribution < -0.4 is 5.43 Å². The quantitative estimate of drug-likeness (QED) is 0.258. The van der Waals surface area contributed by atoms with Gasteiger partial charge in [-0.2, -0.15) is 5.01 Å². The minimum absolute atomic E-state index is 0.0836. The highest BCUT2D eigenvalue weighted by Crippen LogP contribution is 2.27. The Hall–Kier alpha value is -3.71. The minimum Gasteiger partial charge on any atom is -0.267 e. The predicted molar refractivity (Wildman–Crippen MR) is 138 cm³/mol. The summed E-state index contributed by atoms with van der Waals surface area (Å²) in [7, 11) is 0. The minimum atomic E-state index is -0.610. The highest BCUT2D eigenvalue weighted by atomic mass is 35.5. The van der Waals surface area contributed by atoms with Crippen LogP contribution in [-0.2, 0) is 4.79 Å². The third kappa shape index (κ3) is 4.64. The van der Waals surface area contributed by atoms with Gasteiger partial charge in [0.2, 0.25) is 0 Å². The zero-order chi connectivity index (χ0) is 24.5. The van der Waals surface area contributed by atoms with E-state index in [4.69, 9.17) is 34.8 Å². The number of carbonyl (C=O) groups is 2. The number of hydrogen-bond acceptors (Lipinski definition) is 4. The van der Waals surface area contributed by atoms with Crippen LogP contribution in [0.3, 0.4) is 0 Å². The van der Waals surface area contributed by atoms with Gasteiger partial charge in [0.15, 0.2) is 5.84 Å². The van der Waals surface area contributed by atoms with Crippen LogP contribution in [0.15, 0.2) is 89.6 Å². The maximum absolute atomic E-state index is 13.4. The van der Waals surface area contributed by atoms with Gasteiger partial charge in [0.25, 0.3) is 11.8 Å². The Kier molecular flexibility index (Phi) is 6.26. The standard InChI is InChI=1S/C26H15Cl3N4O2/c27-18-10-11-20(28)19(14-18)25(34)32-33-24(15-6-2-1-3-7-15)31-22(26(33)35)13-17-12-16-8-4-5-9-21(16)30-23(17)29/h1-14H,(H,32,34)/b22-13-. The van der Waals surface area contributed by atoms with E-state index in [1.54, 1.807) is 24.3 Å². The molecule has 2 amide bonds. The number of rotatable bonds is 4. The van der Waals surface area contributed by atoms with Crippen LogP contribution in [0.1, 0.15) is 21.5 Å². The Morgan fingerprint density at radius 3 is 2.46 bits per heavy atom. The molecule has 0 saturated heterocycles. The molecule has 0 aliphatic carbocycles. The van der Waals surface area contributed by atoms with Crippen molar-refractivity contribution in [2.24, 2.45) is 4.99 Å². The summed E-state index contributed by atoms with van der Waals surface area (Å²) in [6, 6.07) is 22.9. The number of aliphatic imine (C=N–C) groups is 1. The van der Waals surface area contributed by atoms with E-state index in [0.717, 1.165) is 15.9 Å². The van der Waals surface area contributed by atoms with Gasteiger partial charge in [0, 0.05) is 21.5 Å². The van der Waals surface area contributed by atoms with Crippen LogP contribution >= 0.6 is 34.8 Å². The predicted octanol–water partition coefficient (Wildman–Crippen LogP) is 6.17. The highest BCUT2D eigenvalue weighted by molar-refractivity contribution is 6.36. The number of fused-ring (bicyclic) bond motifs is 1. The summed E-state index contributed by atoms with van der Waals surface area (Å²) >= 11 is 18.6. The van der Waals surface area contributed by atoms with Crippen LogP contribution in [0.25, 0.3) is 17.0 Å². The number of amides is 2. The maximum atomic E-state index is 13.4. The first-order chi connectivity index (χ1) is 16.9. The normalized spacial score (nSPS) is 14.5. The highest BCUT2D eigenvalue weighted by Gasteiger charge is 2.33. The Morgan fingerprint density at radius 2 is 1.66 bits per heavy atom. The molecular weight excluding hydrogens is 507 g/mol. The number of nitrogens with one attached hydrogen (secondary N) is 1. The summed E-state index contributed by atoms with van der Waals surface area (Å²) in [5.41, 5.74) is 4.70. The number of hydrogen-bond donors (Lipinski definition) is 1. The second-order valence-corrected chi connectivity index (χ2v) is 8.80. The lowest BCUT2D eigenvalue weighted by molar-refractivity contribution is -0.124. The number of halogens is 3.